The maximum absolute atomic E-state index is 5.86. The number of hydrogen-bond acceptors (Lipinski definition) is 3. The lowest BCUT2D eigenvalue weighted by atomic mass is 10.1. The van der Waals surface area contributed by atoms with Crippen molar-refractivity contribution in [3.63, 3.8) is 0 Å². The molecule has 1 saturated heterocycles. The van der Waals surface area contributed by atoms with Gasteiger partial charge in [-0.3, -0.25) is 0 Å². The Bertz CT molecular complexity index is 351. The summed E-state index contributed by atoms with van der Waals surface area (Å²) in [4.78, 5) is 4.03. The molecule has 0 unspecified atom stereocenters. The predicted molar refractivity (Wildman–Crippen MR) is 66.1 cm³/mol. The fourth-order valence-corrected chi connectivity index (χ4v) is 2.04. The van der Waals surface area contributed by atoms with Crippen molar-refractivity contribution in [1.82, 2.24) is 4.98 Å². The largest absolute Gasteiger partial charge is 0.382 e. The number of aromatic nitrogens is 1. The molecule has 0 aromatic carbocycles. The third-order valence-electron chi connectivity index (χ3n) is 2.86. The molecule has 88 valence electrons. The number of pyridine rings is 1. The molecule has 3 nitrogen and oxygen atoms in total. The SMILES string of the molecule is Cc1cnc(Cl)cc1NC[C@H]1CCCCO1. The van der Waals surface area contributed by atoms with Gasteiger partial charge in [-0.15, -0.1) is 0 Å². The third-order valence-corrected chi connectivity index (χ3v) is 3.07. The first-order valence-corrected chi connectivity index (χ1v) is 6.11. The number of nitrogens with one attached hydrogen (secondary N) is 1. The molecule has 0 spiro atoms. The molecule has 1 N–H and O–H groups in total. The summed E-state index contributed by atoms with van der Waals surface area (Å²) in [6.07, 6.45) is 5.72. The number of hydrogen-bond donors (Lipinski definition) is 1. The van der Waals surface area contributed by atoms with Crippen LogP contribution in [-0.2, 0) is 4.74 Å². The Kier molecular flexibility index (Phi) is 4.02. The van der Waals surface area contributed by atoms with Crippen molar-refractivity contribution in [2.75, 3.05) is 18.5 Å². The zero-order chi connectivity index (χ0) is 11.4. The summed E-state index contributed by atoms with van der Waals surface area (Å²) in [5.41, 5.74) is 2.16. The van der Waals surface area contributed by atoms with E-state index >= 15 is 0 Å². The summed E-state index contributed by atoms with van der Waals surface area (Å²) in [5, 5.41) is 3.90. The second-order valence-corrected chi connectivity index (χ2v) is 4.58. The van der Waals surface area contributed by atoms with E-state index in [-0.39, 0.29) is 0 Å². The normalized spacial score (nSPS) is 20.8. The Hall–Kier alpha value is -0.800. The lowest BCUT2D eigenvalue weighted by molar-refractivity contribution is 0.0247. The van der Waals surface area contributed by atoms with Gasteiger partial charge in [0, 0.05) is 25.0 Å². The lowest BCUT2D eigenvalue weighted by Gasteiger charge is -2.23. The molecule has 2 heterocycles. The van der Waals surface area contributed by atoms with Crippen molar-refractivity contribution in [2.24, 2.45) is 0 Å². The van der Waals surface area contributed by atoms with Crippen LogP contribution in [0, 0.1) is 6.92 Å². The van der Waals surface area contributed by atoms with E-state index in [0.717, 1.165) is 30.8 Å². The first-order valence-electron chi connectivity index (χ1n) is 5.73. The summed E-state index contributed by atoms with van der Waals surface area (Å²) >= 11 is 5.86. The molecule has 1 fully saturated rings. The van der Waals surface area contributed by atoms with Crippen LogP contribution in [0.2, 0.25) is 5.15 Å². The van der Waals surface area contributed by atoms with Gasteiger partial charge in [-0.25, -0.2) is 4.98 Å². The van der Waals surface area contributed by atoms with Crippen LogP contribution in [0.3, 0.4) is 0 Å². The third kappa shape index (κ3) is 3.09. The van der Waals surface area contributed by atoms with Crippen molar-refractivity contribution < 1.29 is 4.74 Å². The van der Waals surface area contributed by atoms with Crippen molar-refractivity contribution in [2.45, 2.75) is 32.3 Å². The minimum absolute atomic E-state index is 0.333. The summed E-state index contributed by atoms with van der Waals surface area (Å²) < 4.78 is 5.66. The summed E-state index contributed by atoms with van der Waals surface area (Å²) in [6.45, 7) is 3.76. The van der Waals surface area contributed by atoms with Gasteiger partial charge in [-0.05, 0) is 37.8 Å². The van der Waals surface area contributed by atoms with E-state index in [9.17, 15) is 0 Å². The number of anilines is 1. The second kappa shape index (κ2) is 5.51. The van der Waals surface area contributed by atoms with Crippen LogP contribution in [0.4, 0.5) is 5.69 Å². The second-order valence-electron chi connectivity index (χ2n) is 4.19. The highest BCUT2D eigenvalue weighted by molar-refractivity contribution is 6.29. The predicted octanol–water partition coefficient (Wildman–Crippen LogP) is 3.02. The van der Waals surface area contributed by atoms with E-state index in [0.29, 0.717) is 11.3 Å². The van der Waals surface area contributed by atoms with Gasteiger partial charge in [-0.2, -0.15) is 0 Å². The number of ether oxygens (including phenoxy) is 1. The Labute approximate surface area is 101 Å². The molecule has 2 rings (SSSR count). The average molecular weight is 241 g/mol. The first-order chi connectivity index (χ1) is 7.75. The molecule has 0 saturated carbocycles. The summed E-state index contributed by atoms with van der Waals surface area (Å²) in [6, 6.07) is 1.86. The molecular formula is C12H17ClN2O. The highest BCUT2D eigenvalue weighted by atomic mass is 35.5. The minimum atomic E-state index is 0.333. The highest BCUT2D eigenvalue weighted by Gasteiger charge is 2.13. The van der Waals surface area contributed by atoms with E-state index in [1.807, 2.05) is 13.0 Å². The molecule has 4 heteroatoms. The van der Waals surface area contributed by atoms with Gasteiger partial charge in [0.15, 0.2) is 0 Å². The standard InChI is InChI=1S/C12H17ClN2O/c1-9-7-15-12(13)6-11(9)14-8-10-4-2-3-5-16-10/h6-7,10H,2-5,8H2,1H3,(H,14,15)/t10-/m1/s1. The van der Waals surface area contributed by atoms with Crippen molar-refractivity contribution >= 4 is 17.3 Å². The van der Waals surface area contributed by atoms with Crippen LogP contribution in [0.5, 0.6) is 0 Å². The fraction of sp³-hybridized carbons (Fsp3) is 0.583. The quantitative estimate of drug-likeness (QED) is 0.825. The fourth-order valence-electron chi connectivity index (χ4n) is 1.88. The van der Waals surface area contributed by atoms with Crippen molar-refractivity contribution in [1.29, 1.82) is 0 Å². The van der Waals surface area contributed by atoms with Crippen LogP contribution in [0.15, 0.2) is 12.3 Å². The monoisotopic (exact) mass is 240 g/mol. The van der Waals surface area contributed by atoms with Crippen LogP contribution in [0.1, 0.15) is 24.8 Å². The van der Waals surface area contributed by atoms with Crippen molar-refractivity contribution in [3.8, 4) is 0 Å². The van der Waals surface area contributed by atoms with E-state index in [1.165, 1.54) is 12.8 Å². The van der Waals surface area contributed by atoms with Crippen LogP contribution >= 0.6 is 11.6 Å². The van der Waals surface area contributed by atoms with Gasteiger partial charge in [0.25, 0.3) is 0 Å². The number of nitrogens with zero attached hydrogens (tertiary/aromatic N) is 1. The summed E-state index contributed by atoms with van der Waals surface area (Å²) in [5.74, 6) is 0. The van der Waals surface area contributed by atoms with Gasteiger partial charge in [0.2, 0.25) is 0 Å². The van der Waals surface area contributed by atoms with Crippen molar-refractivity contribution in [3.05, 3.63) is 23.0 Å². The first kappa shape index (κ1) is 11.7. The Morgan fingerprint density at radius 1 is 1.56 bits per heavy atom. The molecular weight excluding hydrogens is 224 g/mol. The Morgan fingerprint density at radius 3 is 3.19 bits per heavy atom. The molecule has 0 radical (unpaired) electrons. The molecule has 1 atom stereocenters. The van der Waals surface area contributed by atoms with E-state index < -0.39 is 0 Å². The Morgan fingerprint density at radius 2 is 2.44 bits per heavy atom. The van der Waals surface area contributed by atoms with Gasteiger partial charge < -0.3 is 10.1 Å². The maximum atomic E-state index is 5.86. The molecule has 16 heavy (non-hydrogen) atoms. The number of aryl methyl sites for hydroxylation is 1. The maximum Gasteiger partial charge on any atom is 0.131 e. The molecule has 1 aliphatic rings. The van der Waals surface area contributed by atoms with Crippen LogP contribution < -0.4 is 5.32 Å². The van der Waals surface area contributed by atoms with Gasteiger partial charge in [0.05, 0.1) is 6.10 Å². The number of halogens is 1. The van der Waals surface area contributed by atoms with Crippen LogP contribution in [-0.4, -0.2) is 24.2 Å². The molecule has 0 amide bonds. The van der Waals surface area contributed by atoms with E-state index in [2.05, 4.69) is 10.3 Å². The summed E-state index contributed by atoms with van der Waals surface area (Å²) in [7, 11) is 0. The molecule has 1 aliphatic heterocycles. The average Bonchev–Trinajstić information content (AvgIpc) is 2.32. The van der Waals surface area contributed by atoms with Gasteiger partial charge >= 0.3 is 0 Å². The number of rotatable bonds is 3. The molecule has 1 aromatic rings. The minimum Gasteiger partial charge on any atom is -0.382 e. The van der Waals surface area contributed by atoms with E-state index in [4.69, 9.17) is 16.3 Å². The van der Waals surface area contributed by atoms with E-state index in [1.54, 1.807) is 6.20 Å². The van der Waals surface area contributed by atoms with Crippen LogP contribution in [0.25, 0.3) is 0 Å². The molecule has 0 aliphatic carbocycles. The van der Waals surface area contributed by atoms with Gasteiger partial charge in [-0.1, -0.05) is 11.6 Å². The highest BCUT2D eigenvalue weighted by Crippen LogP contribution is 2.19. The molecule has 1 aromatic heterocycles. The molecule has 0 bridgehead atoms. The van der Waals surface area contributed by atoms with Gasteiger partial charge in [0.1, 0.15) is 5.15 Å². The smallest absolute Gasteiger partial charge is 0.131 e. The zero-order valence-corrected chi connectivity index (χ0v) is 10.3. The zero-order valence-electron chi connectivity index (χ0n) is 9.50. The lowest BCUT2D eigenvalue weighted by Crippen LogP contribution is -2.27. The Balaban J connectivity index is 1.90. The topological polar surface area (TPSA) is 34.2 Å².